The van der Waals surface area contributed by atoms with E-state index in [0.29, 0.717) is 0 Å². The van der Waals surface area contributed by atoms with Crippen molar-refractivity contribution in [1.82, 2.24) is 15.3 Å². The van der Waals surface area contributed by atoms with E-state index in [1.165, 1.54) is 18.6 Å². The van der Waals surface area contributed by atoms with Gasteiger partial charge in [0.05, 0.1) is 6.20 Å². The van der Waals surface area contributed by atoms with Gasteiger partial charge in [0.15, 0.2) is 0 Å². The first-order chi connectivity index (χ1) is 7.49. The fourth-order valence-corrected chi connectivity index (χ4v) is 1.27. The Bertz CT molecular complexity index is 344. The maximum atomic E-state index is 11.7. The highest BCUT2D eigenvalue weighted by Crippen LogP contribution is 2.29. The molecule has 88 valence electrons. The van der Waals surface area contributed by atoms with Gasteiger partial charge in [-0.25, -0.2) is 4.98 Å². The molecule has 0 bridgehead atoms. The zero-order valence-electron chi connectivity index (χ0n) is 7.99. The van der Waals surface area contributed by atoms with Crippen LogP contribution in [0.5, 0.6) is 0 Å². The van der Waals surface area contributed by atoms with E-state index in [1.807, 2.05) is 0 Å². The second kappa shape index (κ2) is 5.69. The fraction of sp³-hybridized carbons (Fsp3) is 0.375. The molecule has 1 amide bonds. The number of carbonyl (C=O) groups is 1. The molecular formula is C8H8F3N3OS. The van der Waals surface area contributed by atoms with Crippen LogP contribution in [0.1, 0.15) is 10.5 Å². The van der Waals surface area contributed by atoms with Crippen LogP contribution in [0, 0.1) is 0 Å². The molecule has 4 nitrogen and oxygen atoms in total. The van der Waals surface area contributed by atoms with Crippen molar-refractivity contribution in [2.75, 3.05) is 12.3 Å². The molecular weight excluding hydrogens is 243 g/mol. The van der Waals surface area contributed by atoms with Crippen molar-refractivity contribution in [3.8, 4) is 0 Å². The second-order valence-electron chi connectivity index (χ2n) is 2.64. The molecule has 0 aromatic carbocycles. The Labute approximate surface area is 93.7 Å². The summed E-state index contributed by atoms with van der Waals surface area (Å²) < 4.78 is 35.2. The molecule has 8 heteroatoms. The highest BCUT2D eigenvalue weighted by molar-refractivity contribution is 8.00. The number of nitrogens with zero attached hydrogens (tertiary/aromatic N) is 2. The molecule has 0 aliphatic heterocycles. The molecule has 16 heavy (non-hydrogen) atoms. The van der Waals surface area contributed by atoms with Gasteiger partial charge in [0, 0.05) is 24.7 Å². The Kier molecular flexibility index (Phi) is 4.53. The summed E-state index contributed by atoms with van der Waals surface area (Å²) >= 11 is -0.180. The molecule has 1 N–H and O–H groups in total. The number of halogens is 3. The average Bonchev–Trinajstić information content (AvgIpc) is 2.24. The monoisotopic (exact) mass is 251 g/mol. The van der Waals surface area contributed by atoms with Crippen LogP contribution in [0.3, 0.4) is 0 Å². The minimum absolute atomic E-state index is 0.0699. The first-order valence-corrected chi connectivity index (χ1v) is 5.22. The van der Waals surface area contributed by atoms with Crippen molar-refractivity contribution in [3.05, 3.63) is 24.3 Å². The zero-order valence-corrected chi connectivity index (χ0v) is 8.81. The number of thioether (sulfide) groups is 1. The SMILES string of the molecule is O=C(NCCSC(F)(F)F)c1cnccn1. The maximum Gasteiger partial charge on any atom is 0.441 e. The van der Waals surface area contributed by atoms with Crippen LogP contribution in [0.2, 0.25) is 0 Å². The van der Waals surface area contributed by atoms with Crippen molar-refractivity contribution in [1.29, 1.82) is 0 Å². The molecule has 0 saturated heterocycles. The van der Waals surface area contributed by atoms with E-state index in [4.69, 9.17) is 0 Å². The number of alkyl halides is 3. The van der Waals surface area contributed by atoms with E-state index in [2.05, 4.69) is 15.3 Å². The highest BCUT2D eigenvalue weighted by atomic mass is 32.2. The molecule has 0 unspecified atom stereocenters. The van der Waals surface area contributed by atoms with Crippen molar-refractivity contribution in [3.63, 3.8) is 0 Å². The first kappa shape index (κ1) is 12.8. The Balaban J connectivity index is 2.27. The highest BCUT2D eigenvalue weighted by Gasteiger charge is 2.27. The van der Waals surface area contributed by atoms with Gasteiger partial charge in [0.25, 0.3) is 5.91 Å². The van der Waals surface area contributed by atoms with Crippen molar-refractivity contribution in [2.45, 2.75) is 5.51 Å². The molecule has 0 spiro atoms. The van der Waals surface area contributed by atoms with Crippen LogP contribution >= 0.6 is 11.8 Å². The van der Waals surface area contributed by atoms with Gasteiger partial charge in [0.1, 0.15) is 5.69 Å². The summed E-state index contributed by atoms with van der Waals surface area (Å²) in [4.78, 5) is 18.6. The van der Waals surface area contributed by atoms with Gasteiger partial charge in [-0.15, -0.1) is 0 Å². The maximum absolute atomic E-state index is 11.7. The average molecular weight is 251 g/mol. The topological polar surface area (TPSA) is 54.9 Å². The van der Waals surface area contributed by atoms with E-state index in [1.54, 1.807) is 0 Å². The molecule has 0 radical (unpaired) electrons. The number of aromatic nitrogens is 2. The minimum Gasteiger partial charge on any atom is -0.350 e. The van der Waals surface area contributed by atoms with Crippen molar-refractivity contribution < 1.29 is 18.0 Å². The van der Waals surface area contributed by atoms with Crippen LogP contribution < -0.4 is 5.32 Å². The van der Waals surface area contributed by atoms with Gasteiger partial charge in [-0.1, -0.05) is 0 Å². The van der Waals surface area contributed by atoms with E-state index < -0.39 is 11.4 Å². The van der Waals surface area contributed by atoms with E-state index in [9.17, 15) is 18.0 Å². The van der Waals surface area contributed by atoms with E-state index in [-0.39, 0.29) is 29.8 Å². The number of nitrogens with one attached hydrogen (secondary N) is 1. The molecule has 1 aromatic heterocycles. The first-order valence-electron chi connectivity index (χ1n) is 4.24. The summed E-state index contributed by atoms with van der Waals surface area (Å²) in [7, 11) is 0. The Morgan fingerprint density at radius 1 is 1.44 bits per heavy atom. The number of rotatable bonds is 4. The number of carbonyl (C=O) groups excluding carboxylic acids is 1. The Morgan fingerprint density at radius 3 is 2.75 bits per heavy atom. The summed E-state index contributed by atoms with van der Waals surface area (Å²) in [6.07, 6.45) is 3.97. The van der Waals surface area contributed by atoms with Gasteiger partial charge < -0.3 is 5.32 Å². The van der Waals surface area contributed by atoms with Gasteiger partial charge in [0.2, 0.25) is 0 Å². The van der Waals surface area contributed by atoms with Crippen molar-refractivity contribution in [2.24, 2.45) is 0 Å². The number of hydrogen-bond acceptors (Lipinski definition) is 4. The third-order valence-corrected chi connectivity index (χ3v) is 2.18. The molecule has 0 atom stereocenters. The largest absolute Gasteiger partial charge is 0.441 e. The summed E-state index contributed by atoms with van der Waals surface area (Å²) in [5, 5.41) is 2.31. The van der Waals surface area contributed by atoms with Gasteiger partial charge in [-0.2, -0.15) is 13.2 Å². The van der Waals surface area contributed by atoms with Gasteiger partial charge in [-0.05, 0) is 11.8 Å². The van der Waals surface area contributed by atoms with Gasteiger partial charge in [-0.3, -0.25) is 9.78 Å². The molecule has 0 fully saturated rings. The Hall–Kier alpha value is -1.31. The lowest BCUT2D eigenvalue weighted by atomic mass is 10.4. The molecule has 1 aromatic rings. The quantitative estimate of drug-likeness (QED) is 0.823. The molecule has 0 saturated carbocycles. The third-order valence-electron chi connectivity index (χ3n) is 1.45. The third kappa shape index (κ3) is 4.96. The summed E-state index contributed by atoms with van der Waals surface area (Å²) in [6.45, 7) is -0.0699. The van der Waals surface area contributed by atoms with Crippen molar-refractivity contribution >= 4 is 17.7 Å². The smallest absolute Gasteiger partial charge is 0.350 e. The van der Waals surface area contributed by atoms with Crippen LogP contribution in [-0.4, -0.2) is 33.7 Å². The fourth-order valence-electron chi connectivity index (χ4n) is 0.838. The molecule has 0 aliphatic rings. The standard InChI is InChI=1S/C8H8F3N3OS/c9-8(10,11)16-4-3-14-7(15)6-5-12-1-2-13-6/h1-2,5H,3-4H2,(H,14,15). The lowest BCUT2D eigenvalue weighted by Gasteiger charge is -2.06. The summed E-state index contributed by atoms with van der Waals surface area (Å²) in [5.41, 5.74) is -4.18. The Morgan fingerprint density at radius 2 is 2.19 bits per heavy atom. The van der Waals surface area contributed by atoms with E-state index in [0.717, 1.165) is 0 Å². The van der Waals surface area contributed by atoms with Gasteiger partial charge >= 0.3 is 5.51 Å². The summed E-state index contributed by atoms with van der Waals surface area (Å²) in [5.74, 6) is -0.758. The number of hydrogen-bond donors (Lipinski definition) is 1. The van der Waals surface area contributed by atoms with Crippen LogP contribution in [0.4, 0.5) is 13.2 Å². The lowest BCUT2D eigenvalue weighted by Crippen LogP contribution is -2.27. The normalized spacial score (nSPS) is 11.2. The number of amides is 1. The van der Waals surface area contributed by atoms with Crippen LogP contribution in [0.25, 0.3) is 0 Å². The molecule has 1 rings (SSSR count). The predicted molar refractivity (Wildman–Crippen MR) is 52.9 cm³/mol. The predicted octanol–water partition coefficient (Wildman–Crippen LogP) is 1.46. The summed E-state index contributed by atoms with van der Waals surface area (Å²) in [6, 6.07) is 0. The zero-order chi connectivity index (χ0) is 12.0. The minimum atomic E-state index is -4.27. The lowest BCUT2D eigenvalue weighted by molar-refractivity contribution is -0.0327. The van der Waals surface area contributed by atoms with E-state index >= 15 is 0 Å². The molecule has 1 heterocycles. The van der Waals surface area contributed by atoms with Crippen LogP contribution in [0.15, 0.2) is 18.6 Å². The molecule has 0 aliphatic carbocycles. The van der Waals surface area contributed by atoms with Crippen LogP contribution in [-0.2, 0) is 0 Å². The second-order valence-corrected chi connectivity index (χ2v) is 3.80.